The molecule has 3 N–H and O–H groups in total. The minimum Gasteiger partial charge on any atom is -0.394 e. The van der Waals surface area contributed by atoms with Crippen molar-refractivity contribution in [3.63, 3.8) is 0 Å². The molecule has 202 valence electrons. The fourth-order valence-electron chi connectivity index (χ4n) is 4.41. The standard InChI is InChI=1S/C30H59NO3/c1-3-5-7-9-10-11-12-13-14-15-16-17-18-19-20-22-23-25-29(33)28(27-32)31-30(34)26-24-21-8-6-4-2/h23,25,28-29,32-33H,3-22,24,26-27H2,1-2H3,(H,31,34)/b25-23+. The van der Waals surface area contributed by atoms with Gasteiger partial charge in [-0.05, 0) is 19.3 Å². The van der Waals surface area contributed by atoms with E-state index in [1.807, 2.05) is 6.08 Å². The van der Waals surface area contributed by atoms with Crippen molar-refractivity contribution >= 4 is 5.91 Å². The van der Waals surface area contributed by atoms with E-state index in [-0.39, 0.29) is 12.5 Å². The van der Waals surface area contributed by atoms with Crippen molar-refractivity contribution < 1.29 is 15.0 Å². The summed E-state index contributed by atoms with van der Waals surface area (Å²) in [6, 6.07) is -0.611. The number of hydrogen-bond acceptors (Lipinski definition) is 3. The summed E-state index contributed by atoms with van der Waals surface area (Å²) in [7, 11) is 0. The number of nitrogens with one attached hydrogen (secondary N) is 1. The number of rotatable bonds is 26. The highest BCUT2D eigenvalue weighted by Crippen LogP contribution is 2.14. The summed E-state index contributed by atoms with van der Waals surface area (Å²) in [6.45, 7) is 4.21. The first kappa shape index (κ1) is 33.1. The second-order valence-electron chi connectivity index (χ2n) is 10.2. The number of carbonyl (C=O) groups is 1. The summed E-state index contributed by atoms with van der Waals surface area (Å²) in [5, 5.41) is 22.6. The summed E-state index contributed by atoms with van der Waals surface area (Å²) in [4.78, 5) is 12.0. The number of unbranched alkanes of at least 4 members (excludes halogenated alkanes) is 19. The van der Waals surface area contributed by atoms with Crippen LogP contribution in [0.4, 0.5) is 0 Å². The molecule has 0 saturated heterocycles. The zero-order valence-corrected chi connectivity index (χ0v) is 22.9. The molecule has 0 aliphatic carbocycles. The number of amides is 1. The Morgan fingerprint density at radius 1 is 0.676 bits per heavy atom. The van der Waals surface area contributed by atoms with Crippen molar-refractivity contribution in [2.24, 2.45) is 0 Å². The third-order valence-corrected chi connectivity index (χ3v) is 6.77. The maximum Gasteiger partial charge on any atom is 0.220 e. The summed E-state index contributed by atoms with van der Waals surface area (Å²) in [6.07, 6.45) is 30.2. The number of hydrogen-bond donors (Lipinski definition) is 3. The van der Waals surface area contributed by atoms with E-state index in [1.165, 1.54) is 103 Å². The van der Waals surface area contributed by atoms with Crippen LogP contribution in [0, 0.1) is 0 Å². The molecular formula is C30H59NO3. The molecule has 0 aliphatic rings. The van der Waals surface area contributed by atoms with Crippen molar-refractivity contribution in [1.29, 1.82) is 0 Å². The lowest BCUT2D eigenvalue weighted by atomic mass is 10.0. The summed E-state index contributed by atoms with van der Waals surface area (Å²) in [5.41, 5.74) is 0. The lowest BCUT2D eigenvalue weighted by molar-refractivity contribution is -0.123. The van der Waals surface area contributed by atoms with Gasteiger partial charge in [0.15, 0.2) is 0 Å². The van der Waals surface area contributed by atoms with Crippen LogP contribution in [0.15, 0.2) is 12.2 Å². The molecule has 34 heavy (non-hydrogen) atoms. The Hall–Kier alpha value is -0.870. The lowest BCUT2D eigenvalue weighted by Gasteiger charge is -2.20. The van der Waals surface area contributed by atoms with Gasteiger partial charge in [0.25, 0.3) is 0 Å². The summed E-state index contributed by atoms with van der Waals surface area (Å²) in [5.74, 6) is -0.0783. The Balaban J connectivity index is 3.57. The maximum atomic E-state index is 12.0. The Bertz CT molecular complexity index is 452. The van der Waals surface area contributed by atoms with Crippen LogP contribution in [0.3, 0.4) is 0 Å². The van der Waals surface area contributed by atoms with E-state index in [9.17, 15) is 15.0 Å². The van der Waals surface area contributed by atoms with Gasteiger partial charge in [-0.15, -0.1) is 0 Å². The number of allylic oxidation sites excluding steroid dienone is 1. The number of carbonyl (C=O) groups excluding carboxylic acids is 1. The second kappa shape index (κ2) is 26.7. The third kappa shape index (κ3) is 22.9. The van der Waals surface area contributed by atoms with Crippen LogP contribution in [0.1, 0.15) is 155 Å². The van der Waals surface area contributed by atoms with Gasteiger partial charge >= 0.3 is 0 Å². The Morgan fingerprint density at radius 3 is 1.53 bits per heavy atom. The zero-order valence-electron chi connectivity index (χ0n) is 22.9. The van der Waals surface area contributed by atoms with Gasteiger partial charge in [0.1, 0.15) is 0 Å². The van der Waals surface area contributed by atoms with E-state index in [2.05, 4.69) is 19.2 Å². The first-order valence-electron chi connectivity index (χ1n) is 14.9. The molecule has 0 aromatic heterocycles. The molecule has 4 nitrogen and oxygen atoms in total. The van der Waals surface area contributed by atoms with E-state index < -0.39 is 12.1 Å². The van der Waals surface area contributed by atoms with Gasteiger partial charge in [-0.1, -0.05) is 142 Å². The van der Waals surface area contributed by atoms with E-state index in [0.29, 0.717) is 6.42 Å². The summed E-state index contributed by atoms with van der Waals surface area (Å²) < 4.78 is 0. The largest absolute Gasteiger partial charge is 0.394 e. The SMILES string of the molecule is CCCCCCCCCCCCCCCCC/C=C/C(O)C(CO)NC(=O)CCCCCCC. The maximum absolute atomic E-state index is 12.0. The van der Waals surface area contributed by atoms with Gasteiger partial charge in [-0.25, -0.2) is 0 Å². The van der Waals surface area contributed by atoms with E-state index in [0.717, 1.165) is 32.1 Å². The molecule has 0 bridgehead atoms. The fraction of sp³-hybridized carbons (Fsp3) is 0.900. The molecule has 0 fully saturated rings. The molecule has 0 aliphatic heterocycles. The van der Waals surface area contributed by atoms with Crippen molar-refractivity contribution in [2.45, 2.75) is 167 Å². The van der Waals surface area contributed by atoms with Gasteiger partial charge in [0.2, 0.25) is 5.91 Å². The Morgan fingerprint density at radius 2 is 1.09 bits per heavy atom. The predicted octanol–water partition coefficient (Wildman–Crippen LogP) is 8.00. The van der Waals surface area contributed by atoms with Crippen LogP contribution in [0.5, 0.6) is 0 Å². The Labute approximate surface area is 212 Å². The molecular weight excluding hydrogens is 422 g/mol. The normalized spacial score (nSPS) is 13.4. The Kier molecular flexibility index (Phi) is 26.0. The number of aliphatic hydroxyl groups excluding tert-OH is 2. The molecule has 2 unspecified atom stereocenters. The molecule has 2 atom stereocenters. The van der Waals surface area contributed by atoms with E-state index in [4.69, 9.17) is 0 Å². The molecule has 0 spiro atoms. The fourth-order valence-corrected chi connectivity index (χ4v) is 4.41. The van der Waals surface area contributed by atoms with Crippen molar-refractivity contribution in [1.82, 2.24) is 5.32 Å². The van der Waals surface area contributed by atoms with Gasteiger partial charge in [0.05, 0.1) is 18.8 Å². The predicted molar refractivity (Wildman–Crippen MR) is 147 cm³/mol. The highest BCUT2D eigenvalue weighted by atomic mass is 16.3. The molecule has 0 aromatic carbocycles. The second-order valence-corrected chi connectivity index (χ2v) is 10.2. The minimum atomic E-state index is -0.828. The van der Waals surface area contributed by atoms with Crippen LogP contribution in [0.25, 0.3) is 0 Å². The quantitative estimate of drug-likeness (QED) is 0.0865. The van der Waals surface area contributed by atoms with Gasteiger partial charge in [-0.2, -0.15) is 0 Å². The van der Waals surface area contributed by atoms with Crippen LogP contribution < -0.4 is 5.32 Å². The van der Waals surface area contributed by atoms with Gasteiger partial charge in [-0.3, -0.25) is 4.79 Å². The van der Waals surface area contributed by atoms with Crippen LogP contribution in [-0.4, -0.2) is 34.9 Å². The van der Waals surface area contributed by atoms with Crippen LogP contribution >= 0.6 is 0 Å². The topological polar surface area (TPSA) is 69.6 Å². The highest BCUT2D eigenvalue weighted by molar-refractivity contribution is 5.76. The number of aliphatic hydroxyl groups is 2. The molecule has 1 amide bonds. The lowest BCUT2D eigenvalue weighted by Crippen LogP contribution is -2.45. The van der Waals surface area contributed by atoms with Crippen molar-refractivity contribution in [3.05, 3.63) is 12.2 Å². The monoisotopic (exact) mass is 481 g/mol. The van der Waals surface area contributed by atoms with Gasteiger partial charge in [0, 0.05) is 6.42 Å². The smallest absolute Gasteiger partial charge is 0.220 e. The van der Waals surface area contributed by atoms with E-state index >= 15 is 0 Å². The van der Waals surface area contributed by atoms with Crippen LogP contribution in [0.2, 0.25) is 0 Å². The van der Waals surface area contributed by atoms with Crippen LogP contribution in [-0.2, 0) is 4.79 Å². The molecule has 0 saturated carbocycles. The highest BCUT2D eigenvalue weighted by Gasteiger charge is 2.17. The minimum absolute atomic E-state index is 0.0783. The molecule has 4 heteroatoms. The van der Waals surface area contributed by atoms with E-state index in [1.54, 1.807) is 6.08 Å². The average molecular weight is 482 g/mol. The average Bonchev–Trinajstić information content (AvgIpc) is 2.84. The molecule has 0 heterocycles. The van der Waals surface area contributed by atoms with Crippen molar-refractivity contribution in [3.8, 4) is 0 Å². The molecule has 0 aromatic rings. The molecule has 0 radical (unpaired) electrons. The molecule has 0 rings (SSSR count). The van der Waals surface area contributed by atoms with Crippen molar-refractivity contribution in [2.75, 3.05) is 6.61 Å². The first-order valence-corrected chi connectivity index (χ1v) is 14.9. The zero-order chi connectivity index (χ0) is 25.1. The van der Waals surface area contributed by atoms with Gasteiger partial charge < -0.3 is 15.5 Å². The summed E-state index contributed by atoms with van der Waals surface area (Å²) >= 11 is 0. The third-order valence-electron chi connectivity index (χ3n) is 6.77. The first-order chi connectivity index (χ1) is 16.7.